The summed E-state index contributed by atoms with van der Waals surface area (Å²) in [4.78, 5) is 29.1. The van der Waals surface area contributed by atoms with E-state index in [1.54, 1.807) is 12.1 Å². The van der Waals surface area contributed by atoms with E-state index in [1.165, 1.54) is 32.4 Å². The lowest BCUT2D eigenvalue weighted by atomic mass is 10.4. The van der Waals surface area contributed by atoms with E-state index in [4.69, 9.17) is 9.25 Å². The molecule has 6 heteroatoms. The quantitative estimate of drug-likeness (QED) is 0.696. The van der Waals surface area contributed by atoms with Gasteiger partial charge in [-0.3, -0.25) is 14.4 Å². The number of furan rings is 1. The van der Waals surface area contributed by atoms with Crippen molar-refractivity contribution < 1.29 is 18.8 Å². The maximum Gasteiger partial charge on any atom is 0.289 e. The Bertz CT molecular complexity index is 361. The standard InChI is InChI=1S/C10H14N2O4/c1-11(7-9(13)12(2)15-3)10(14)8-5-4-6-16-8/h4-6H,7H2,1-3H3. The Morgan fingerprint density at radius 2 is 2.12 bits per heavy atom. The van der Waals surface area contributed by atoms with Crippen LogP contribution in [0.4, 0.5) is 0 Å². The lowest BCUT2D eigenvalue weighted by molar-refractivity contribution is -0.168. The van der Waals surface area contributed by atoms with Crippen LogP contribution in [0, 0.1) is 0 Å². The van der Waals surface area contributed by atoms with Crippen LogP contribution < -0.4 is 0 Å². The Kier molecular flexibility index (Phi) is 4.07. The molecule has 0 aromatic carbocycles. The molecule has 1 rings (SSSR count). The molecule has 0 saturated carbocycles. The van der Waals surface area contributed by atoms with E-state index in [0.717, 1.165) is 5.06 Å². The largest absolute Gasteiger partial charge is 0.459 e. The zero-order valence-electron chi connectivity index (χ0n) is 9.47. The van der Waals surface area contributed by atoms with Gasteiger partial charge in [-0.15, -0.1) is 0 Å². The molecule has 1 aromatic heterocycles. The molecule has 1 heterocycles. The summed E-state index contributed by atoms with van der Waals surface area (Å²) in [5.41, 5.74) is 0. The van der Waals surface area contributed by atoms with E-state index in [9.17, 15) is 9.59 Å². The third-order valence-corrected chi connectivity index (χ3v) is 2.08. The molecule has 0 radical (unpaired) electrons. The average molecular weight is 226 g/mol. The van der Waals surface area contributed by atoms with Crippen molar-refractivity contribution in [3.8, 4) is 0 Å². The van der Waals surface area contributed by atoms with Gasteiger partial charge in [-0.1, -0.05) is 0 Å². The molecule has 0 N–H and O–H groups in total. The van der Waals surface area contributed by atoms with Crippen LogP contribution in [0.2, 0.25) is 0 Å². The average Bonchev–Trinajstić information content (AvgIpc) is 2.79. The summed E-state index contributed by atoms with van der Waals surface area (Å²) in [6.07, 6.45) is 1.41. The monoisotopic (exact) mass is 226 g/mol. The smallest absolute Gasteiger partial charge is 0.289 e. The van der Waals surface area contributed by atoms with Crippen LogP contribution in [0.1, 0.15) is 10.6 Å². The van der Waals surface area contributed by atoms with Crippen molar-refractivity contribution in [2.75, 3.05) is 27.7 Å². The highest BCUT2D eigenvalue weighted by Crippen LogP contribution is 2.04. The molecule has 88 valence electrons. The molecule has 0 spiro atoms. The summed E-state index contributed by atoms with van der Waals surface area (Å²) < 4.78 is 4.94. The maximum absolute atomic E-state index is 11.7. The fourth-order valence-corrected chi connectivity index (χ4v) is 1.06. The number of carbonyl (C=O) groups is 2. The zero-order chi connectivity index (χ0) is 12.1. The number of likely N-dealkylation sites (N-methyl/N-ethyl adjacent to an activating group) is 2. The summed E-state index contributed by atoms with van der Waals surface area (Å²) in [7, 11) is 4.38. The first-order valence-electron chi connectivity index (χ1n) is 4.66. The molecule has 0 atom stereocenters. The van der Waals surface area contributed by atoms with Crippen LogP contribution >= 0.6 is 0 Å². The highest BCUT2D eigenvalue weighted by Gasteiger charge is 2.18. The molecule has 0 bridgehead atoms. The van der Waals surface area contributed by atoms with Crippen LogP contribution in [0.3, 0.4) is 0 Å². The first-order chi connectivity index (χ1) is 7.56. The topological polar surface area (TPSA) is 63.0 Å². The molecule has 0 unspecified atom stereocenters. The molecule has 2 amide bonds. The van der Waals surface area contributed by atoms with E-state index >= 15 is 0 Å². The fraction of sp³-hybridized carbons (Fsp3) is 0.400. The summed E-state index contributed by atoms with van der Waals surface area (Å²) in [6, 6.07) is 3.16. The minimum atomic E-state index is -0.345. The highest BCUT2D eigenvalue weighted by molar-refractivity contribution is 5.93. The maximum atomic E-state index is 11.7. The predicted molar refractivity (Wildman–Crippen MR) is 55.4 cm³/mol. The van der Waals surface area contributed by atoms with E-state index in [2.05, 4.69) is 0 Å². The van der Waals surface area contributed by atoms with Crippen molar-refractivity contribution in [2.45, 2.75) is 0 Å². The fourth-order valence-electron chi connectivity index (χ4n) is 1.06. The second-order valence-electron chi connectivity index (χ2n) is 3.21. The van der Waals surface area contributed by atoms with Gasteiger partial charge in [-0.25, -0.2) is 5.06 Å². The molecule has 0 aliphatic heterocycles. The van der Waals surface area contributed by atoms with Crippen molar-refractivity contribution >= 4 is 11.8 Å². The lowest BCUT2D eigenvalue weighted by Gasteiger charge is -2.19. The van der Waals surface area contributed by atoms with Crippen molar-refractivity contribution in [1.29, 1.82) is 0 Å². The van der Waals surface area contributed by atoms with Crippen LogP contribution in [-0.4, -0.2) is 49.5 Å². The Morgan fingerprint density at radius 3 is 2.62 bits per heavy atom. The number of hydrogen-bond acceptors (Lipinski definition) is 4. The summed E-state index contributed by atoms with van der Waals surface area (Å²) in [6.45, 7) is -0.0656. The van der Waals surface area contributed by atoms with Gasteiger partial charge >= 0.3 is 0 Å². The van der Waals surface area contributed by atoms with E-state index < -0.39 is 0 Å². The molecule has 0 fully saturated rings. The number of hydroxylamine groups is 2. The SMILES string of the molecule is CON(C)C(=O)CN(C)C(=O)c1ccco1. The van der Waals surface area contributed by atoms with Gasteiger partial charge in [-0.2, -0.15) is 0 Å². The minimum absolute atomic E-state index is 0.0656. The van der Waals surface area contributed by atoms with Crippen LogP contribution in [0.5, 0.6) is 0 Å². The first-order valence-corrected chi connectivity index (χ1v) is 4.66. The van der Waals surface area contributed by atoms with Crippen molar-refractivity contribution in [2.24, 2.45) is 0 Å². The Morgan fingerprint density at radius 1 is 1.44 bits per heavy atom. The molecule has 0 saturated heterocycles. The molecule has 1 aromatic rings. The van der Waals surface area contributed by atoms with Crippen LogP contribution in [0.15, 0.2) is 22.8 Å². The van der Waals surface area contributed by atoms with Gasteiger partial charge < -0.3 is 9.32 Å². The predicted octanol–water partition coefficient (Wildman–Crippen LogP) is 0.371. The van der Waals surface area contributed by atoms with Gasteiger partial charge in [0.2, 0.25) is 0 Å². The summed E-state index contributed by atoms with van der Waals surface area (Å²) in [5.74, 6) is -0.455. The number of rotatable bonds is 4. The van der Waals surface area contributed by atoms with E-state index in [-0.39, 0.29) is 24.1 Å². The number of carbonyl (C=O) groups excluding carboxylic acids is 2. The number of amides is 2. The van der Waals surface area contributed by atoms with Crippen molar-refractivity contribution in [1.82, 2.24) is 9.96 Å². The highest BCUT2D eigenvalue weighted by atomic mass is 16.7. The van der Waals surface area contributed by atoms with Gasteiger partial charge in [0, 0.05) is 14.1 Å². The van der Waals surface area contributed by atoms with Gasteiger partial charge in [0.1, 0.15) is 6.54 Å². The summed E-state index contributed by atoms with van der Waals surface area (Å²) in [5, 5.41) is 1.06. The van der Waals surface area contributed by atoms with Crippen LogP contribution in [0.25, 0.3) is 0 Å². The van der Waals surface area contributed by atoms with Gasteiger partial charge in [0.25, 0.3) is 11.8 Å². The Hall–Kier alpha value is -1.82. The summed E-state index contributed by atoms with van der Waals surface area (Å²) >= 11 is 0. The van der Waals surface area contributed by atoms with E-state index in [1.807, 2.05) is 0 Å². The zero-order valence-corrected chi connectivity index (χ0v) is 9.47. The molecule has 0 aliphatic rings. The second-order valence-corrected chi connectivity index (χ2v) is 3.21. The van der Waals surface area contributed by atoms with Crippen molar-refractivity contribution in [3.05, 3.63) is 24.2 Å². The van der Waals surface area contributed by atoms with E-state index in [0.29, 0.717) is 0 Å². The Labute approximate surface area is 93.3 Å². The molecule has 16 heavy (non-hydrogen) atoms. The minimum Gasteiger partial charge on any atom is -0.459 e. The van der Waals surface area contributed by atoms with Crippen LogP contribution in [-0.2, 0) is 9.63 Å². The third-order valence-electron chi connectivity index (χ3n) is 2.08. The first kappa shape index (κ1) is 12.3. The second kappa shape index (κ2) is 5.32. The lowest BCUT2D eigenvalue weighted by Crippen LogP contribution is -2.38. The van der Waals surface area contributed by atoms with Gasteiger partial charge in [0.05, 0.1) is 13.4 Å². The van der Waals surface area contributed by atoms with Gasteiger partial charge in [-0.05, 0) is 12.1 Å². The molecular formula is C10H14N2O4. The Balaban J connectivity index is 2.56. The third kappa shape index (κ3) is 2.83. The van der Waals surface area contributed by atoms with Crippen molar-refractivity contribution in [3.63, 3.8) is 0 Å². The molecule has 0 aliphatic carbocycles. The number of hydrogen-bond donors (Lipinski definition) is 0. The molecular weight excluding hydrogens is 212 g/mol. The number of nitrogens with zero attached hydrogens (tertiary/aromatic N) is 2. The molecule has 6 nitrogen and oxygen atoms in total. The van der Waals surface area contributed by atoms with Gasteiger partial charge in [0.15, 0.2) is 5.76 Å². The normalized spacial score (nSPS) is 9.94.